The minimum Gasteiger partial charge on any atom is -0.459 e. The van der Waals surface area contributed by atoms with Crippen molar-refractivity contribution in [3.05, 3.63) is 77.7 Å². The fraction of sp³-hybridized carbons (Fsp3) is 0.280. The summed E-state index contributed by atoms with van der Waals surface area (Å²) in [5.41, 5.74) is 9.90. The standard InChI is InChI=1S/C25H29N5O3/c1-18-5-2-3-6-21(18)29-12-14-30(15-13-29)22-9-8-19(24(31)27-11-10-26)17-20(22)28-25(32)23-7-4-16-33-23/h2-9,16-17H,10-15,26H2,1H3,(H,27,31)(H,28,32). The molecule has 172 valence electrons. The van der Waals surface area contributed by atoms with Crippen molar-refractivity contribution >= 4 is 28.9 Å². The lowest BCUT2D eigenvalue weighted by Gasteiger charge is -2.38. The van der Waals surface area contributed by atoms with Crippen molar-refractivity contribution < 1.29 is 14.0 Å². The van der Waals surface area contributed by atoms with Crippen LogP contribution in [0.15, 0.2) is 65.3 Å². The summed E-state index contributed by atoms with van der Waals surface area (Å²) in [5.74, 6) is -0.382. The summed E-state index contributed by atoms with van der Waals surface area (Å²) in [6.45, 7) is 6.16. The van der Waals surface area contributed by atoms with Crippen LogP contribution >= 0.6 is 0 Å². The number of hydrogen-bond acceptors (Lipinski definition) is 6. The summed E-state index contributed by atoms with van der Waals surface area (Å²) in [6.07, 6.45) is 1.46. The van der Waals surface area contributed by atoms with E-state index in [1.54, 1.807) is 24.3 Å². The van der Waals surface area contributed by atoms with E-state index < -0.39 is 0 Å². The number of nitrogens with zero attached hydrogens (tertiary/aromatic N) is 2. The number of carbonyl (C=O) groups excluding carboxylic acids is 2. The number of piperazine rings is 1. The van der Waals surface area contributed by atoms with Gasteiger partial charge in [0.2, 0.25) is 0 Å². The number of aryl methyl sites for hydroxylation is 1. The maximum Gasteiger partial charge on any atom is 0.291 e. The maximum absolute atomic E-state index is 12.7. The first kappa shape index (κ1) is 22.4. The minimum atomic E-state index is -0.362. The summed E-state index contributed by atoms with van der Waals surface area (Å²) < 4.78 is 5.23. The van der Waals surface area contributed by atoms with Crippen molar-refractivity contribution in [2.24, 2.45) is 5.73 Å². The summed E-state index contributed by atoms with van der Waals surface area (Å²) in [7, 11) is 0. The van der Waals surface area contributed by atoms with Crippen LogP contribution < -0.4 is 26.2 Å². The summed E-state index contributed by atoms with van der Waals surface area (Å²) in [5, 5.41) is 5.69. The van der Waals surface area contributed by atoms with Crippen LogP contribution in [0.5, 0.6) is 0 Å². The van der Waals surface area contributed by atoms with E-state index in [4.69, 9.17) is 10.2 Å². The van der Waals surface area contributed by atoms with Gasteiger partial charge in [0, 0.05) is 50.5 Å². The van der Waals surface area contributed by atoms with Gasteiger partial charge in [-0.1, -0.05) is 18.2 Å². The molecule has 1 fully saturated rings. The van der Waals surface area contributed by atoms with Crippen molar-refractivity contribution in [2.45, 2.75) is 6.92 Å². The molecule has 1 aromatic heterocycles. The van der Waals surface area contributed by atoms with Crippen LogP contribution in [0.25, 0.3) is 0 Å². The van der Waals surface area contributed by atoms with E-state index in [1.165, 1.54) is 17.5 Å². The normalized spacial score (nSPS) is 13.6. The molecule has 1 aliphatic heterocycles. The quantitative estimate of drug-likeness (QED) is 0.515. The fourth-order valence-corrected chi connectivity index (χ4v) is 4.04. The van der Waals surface area contributed by atoms with Crippen molar-refractivity contribution in [1.29, 1.82) is 0 Å². The molecule has 8 heteroatoms. The minimum absolute atomic E-state index is 0.211. The molecule has 2 aromatic carbocycles. The molecule has 1 aliphatic rings. The lowest BCUT2D eigenvalue weighted by molar-refractivity contribution is 0.0952. The third-order valence-corrected chi connectivity index (χ3v) is 5.76. The third-order valence-electron chi connectivity index (χ3n) is 5.76. The van der Waals surface area contributed by atoms with Gasteiger partial charge < -0.3 is 30.6 Å². The zero-order chi connectivity index (χ0) is 23.2. The number of nitrogens with one attached hydrogen (secondary N) is 2. The molecule has 0 bridgehead atoms. The maximum atomic E-state index is 12.7. The van der Waals surface area contributed by atoms with E-state index >= 15 is 0 Å². The number of amides is 2. The molecule has 1 saturated heterocycles. The molecule has 4 N–H and O–H groups in total. The Morgan fingerprint density at radius 1 is 0.939 bits per heavy atom. The molecule has 0 atom stereocenters. The SMILES string of the molecule is Cc1ccccc1N1CCN(c2ccc(C(=O)NCCN)cc2NC(=O)c2ccco2)CC1. The Kier molecular flexibility index (Phi) is 6.95. The smallest absolute Gasteiger partial charge is 0.291 e. The lowest BCUT2D eigenvalue weighted by Crippen LogP contribution is -2.47. The lowest BCUT2D eigenvalue weighted by atomic mass is 10.1. The molecule has 2 heterocycles. The van der Waals surface area contributed by atoms with E-state index in [0.29, 0.717) is 24.3 Å². The molecular weight excluding hydrogens is 418 g/mol. The van der Waals surface area contributed by atoms with Gasteiger partial charge in [-0.05, 0) is 48.9 Å². The molecule has 0 aliphatic carbocycles. The number of rotatable bonds is 7. The third kappa shape index (κ3) is 5.18. The van der Waals surface area contributed by atoms with E-state index in [1.807, 2.05) is 12.1 Å². The molecule has 3 aromatic rings. The summed E-state index contributed by atoms with van der Waals surface area (Å²) in [6, 6.07) is 17.0. The van der Waals surface area contributed by atoms with Crippen molar-refractivity contribution in [3.8, 4) is 0 Å². The largest absolute Gasteiger partial charge is 0.459 e. The Balaban J connectivity index is 1.55. The van der Waals surface area contributed by atoms with Gasteiger partial charge in [-0.15, -0.1) is 0 Å². The zero-order valence-electron chi connectivity index (χ0n) is 18.7. The molecule has 0 unspecified atom stereocenters. The monoisotopic (exact) mass is 447 g/mol. The number of carbonyl (C=O) groups is 2. The number of benzene rings is 2. The topological polar surface area (TPSA) is 104 Å². The number of furan rings is 1. The van der Waals surface area contributed by atoms with E-state index in [2.05, 4.69) is 45.6 Å². The average molecular weight is 448 g/mol. The van der Waals surface area contributed by atoms with Crippen molar-refractivity contribution in [3.63, 3.8) is 0 Å². The Morgan fingerprint density at radius 3 is 2.33 bits per heavy atom. The molecule has 0 saturated carbocycles. The molecular formula is C25H29N5O3. The van der Waals surface area contributed by atoms with Gasteiger partial charge in [0.05, 0.1) is 17.6 Å². The highest BCUT2D eigenvalue weighted by Gasteiger charge is 2.22. The first-order valence-electron chi connectivity index (χ1n) is 11.1. The molecule has 2 amide bonds. The van der Waals surface area contributed by atoms with E-state index in [9.17, 15) is 9.59 Å². The summed E-state index contributed by atoms with van der Waals surface area (Å²) in [4.78, 5) is 29.8. The zero-order valence-corrected chi connectivity index (χ0v) is 18.7. The van der Waals surface area contributed by atoms with Gasteiger partial charge in [0.25, 0.3) is 11.8 Å². The van der Waals surface area contributed by atoms with Gasteiger partial charge in [-0.3, -0.25) is 9.59 Å². The van der Waals surface area contributed by atoms with Crippen LogP contribution in [0.2, 0.25) is 0 Å². The van der Waals surface area contributed by atoms with Gasteiger partial charge in [0.15, 0.2) is 5.76 Å². The number of para-hydroxylation sites is 1. The van der Waals surface area contributed by atoms with Crippen LogP contribution in [0, 0.1) is 6.92 Å². The molecule has 0 radical (unpaired) electrons. The molecule has 0 spiro atoms. The molecule has 4 rings (SSSR count). The number of hydrogen-bond donors (Lipinski definition) is 3. The predicted octanol–water partition coefficient (Wildman–Crippen LogP) is 2.86. The fourth-order valence-electron chi connectivity index (χ4n) is 4.04. The highest BCUT2D eigenvalue weighted by atomic mass is 16.3. The second kappa shape index (κ2) is 10.2. The van der Waals surface area contributed by atoms with Crippen LogP contribution in [-0.2, 0) is 0 Å². The van der Waals surface area contributed by atoms with Crippen LogP contribution in [-0.4, -0.2) is 51.1 Å². The second-order valence-electron chi connectivity index (χ2n) is 7.97. The highest BCUT2D eigenvalue weighted by molar-refractivity contribution is 6.05. The van der Waals surface area contributed by atoms with Crippen LogP contribution in [0.3, 0.4) is 0 Å². The Labute approximate surface area is 193 Å². The van der Waals surface area contributed by atoms with Crippen molar-refractivity contribution in [2.75, 3.05) is 54.4 Å². The van der Waals surface area contributed by atoms with E-state index in [0.717, 1.165) is 31.9 Å². The van der Waals surface area contributed by atoms with Crippen LogP contribution in [0.1, 0.15) is 26.5 Å². The van der Waals surface area contributed by atoms with E-state index in [-0.39, 0.29) is 17.6 Å². The van der Waals surface area contributed by atoms with Crippen molar-refractivity contribution in [1.82, 2.24) is 5.32 Å². The number of nitrogens with two attached hydrogens (primary N) is 1. The predicted molar refractivity (Wildman–Crippen MR) is 130 cm³/mol. The second-order valence-corrected chi connectivity index (χ2v) is 7.97. The molecule has 33 heavy (non-hydrogen) atoms. The van der Waals surface area contributed by atoms with Gasteiger partial charge in [0.1, 0.15) is 0 Å². The number of anilines is 3. The average Bonchev–Trinajstić information content (AvgIpc) is 3.38. The Hall–Kier alpha value is -3.78. The highest BCUT2D eigenvalue weighted by Crippen LogP contribution is 2.30. The van der Waals surface area contributed by atoms with Gasteiger partial charge >= 0.3 is 0 Å². The Morgan fingerprint density at radius 2 is 1.67 bits per heavy atom. The van der Waals surface area contributed by atoms with Crippen LogP contribution in [0.4, 0.5) is 17.1 Å². The molecule has 8 nitrogen and oxygen atoms in total. The Bertz CT molecular complexity index is 1100. The first-order valence-corrected chi connectivity index (χ1v) is 11.1. The first-order chi connectivity index (χ1) is 16.1. The summed E-state index contributed by atoms with van der Waals surface area (Å²) >= 11 is 0. The van der Waals surface area contributed by atoms with Gasteiger partial charge in [-0.25, -0.2) is 0 Å². The van der Waals surface area contributed by atoms with Gasteiger partial charge in [-0.2, -0.15) is 0 Å².